The van der Waals surface area contributed by atoms with E-state index in [0.29, 0.717) is 12.5 Å². The molecule has 0 saturated heterocycles. The molecule has 1 unspecified atom stereocenters. The number of hydrogen-bond acceptors (Lipinski definition) is 2. The molecule has 16 heavy (non-hydrogen) atoms. The minimum absolute atomic E-state index is 0.207. The van der Waals surface area contributed by atoms with Gasteiger partial charge >= 0.3 is 0 Å². The second-order valence-corrected chi connectivity index (χ2v) is 5.63. The summed E-state index contributed by atoms with van der Waals surface area (Å²) in [6.07, 6.45) is 11.6. The summed E-state index contributed by atoms with van der Waals surface area (Å²) < 4.78 is 5.61. The summed E-state index contributed by atoms with van der Waals surface area (Å²) in [5.41, 5.74) is 0. The van der Waals surface area contributed by atoms with Gasteiger partial charge in [-0.2, -0.15) is 0 Å². The first kappa shape index (κ1) is 12.4. The molecule has 94 valence electrons. The van der Waals surface area contributed by atoms with Gasteiger partial charge in [0, 0.05) is 6.61 Å². The molecule has 0 heterocycles. The second kappa shape index (κ2) is 6.61. The van der Waals surface area contributed by atoms with E-state index in [-0.39, 0.29) is 6.10 Å². The Balaban J connectivity index is 1.50. The van der Waals surface area contributed by atoms with Gasteiger partial charge < -0.3 is 9.84 Å². The highest BCUT2D eigenvalue weighted by molar-refractivity contribution is 4.73. The zero-order valence-corrected chi connectivity index (χ0v) is 10.4. The zero-order valence-electron chi connectivity index (χ0n) is 10.4. The zero-order chi connectivity index (χ0) is 11.2. The topological polar surface area (TPSA) is 29.5 Å². The number of rotatable bonds is 6. The van der Waals surface area contributed by atoms with Crippen molar-refractivity contribution in [1.82, 2.24) is 0 Å². The number of aliphatic hydroxyl groups is 1. The Labute approximate surface area is 99.4 Å². The highest BCUT2D eigenvalue weighted by Crippen LogP contribution is 2.29. The molecule has 2 nitrogen and oxygen atoms in total. The molecule has 2 aliphatic rings. The van der Waals surface area contributed by atoms with Crippen molar-refractivity contribution >= 4 is 0 Å². The van der Waals surface area contributed by atoms with Gasteiger partial charge in [0.25, 0.3) is 0 Å². The van der Waals surface area contributed by atoms with Crippen molar-refractivity contribution in [3.63, 3.8) is 0 Å². The maximum Gasteiger partial charge on any atom is 0.0801 e. The summed E-state index contributed by atoms with van der Waals surface area (Å²) in [6.45, 7) is 1.42. The van der Waals surface area contributed by atoms with Gasteiger partial charge in [-0.1, -0.05) is 38.5 Å². The third-order valence-electron chi connectivity index (χ3n) is 4.38. The smallest absolute Gasteiger partial charge is 0.0801 e. The SMILES string of the molecule is OC(COCCC1CCC1)C1CCCCC1. The fraction of sp³-hybridized carbons (Fsp3) is 1.00. The first-order valence-corrected chi connectivity index (χ1v) is 7.12. The Hall–Kier alpha value is -0.0800. The average molecular weight is 226 g/mol. The number of ether oxygens (including phenoxy) is 1. The summed E-state index contributed by atoms with van der Waals surface area (Å²) in [4.78, 5) is 0. The molecule has 2 aliphatic carbocycles. The van der Waals surface area contributed by atoms with E-state index >= 15 is 0 Å². The van der Waals surface area contributed by atoms with Gasteiger partial charge in [0.15, 0.2) is 0 Å². The van der Waals surface area contributed by atoms with E-state index in [0.717, 1.165) is 12.5 Å². The Bertz CT molecular complexity index is 183. The fourth-order valence-electron chi connectivity index (χ4n) is 2.89. The molecule has 1 atom stereocenters. The van der Waals surface area contributed by atoms with Gasteiger partial charge in [-0.05, 0) is 31.1 Å². The van der Waals surface area contributed by atoms with E-state index in [4.69, 9.17) is 4.74 Å². The minimum atomic E-state index is -0.207. The van der Waals surface area contributed by atoms with Gasteiger partial charge in [0.05, 0.1) is 12.7 Å². The molecule has 0 spiro atoms. The minimum Gasteiger partial charge on any atom is -0.390 e. The number of hydrogen-bond donors (Lipinski definition) is 1. The van der Waals surface area contributed by atoms with E-state index in [2.05, 4.69) is 0 Å². The largest absolute Gasteiger partial charge is 0.390 e. The van der Waals surface area contributed by atoms with Gasteiger partial charge in [-0.25, -0.2) is 0 Å². The molecule has 0 aromatic heterocycles. The molecule has 2 saturated carbocycles. The summed E-state index contributed by atoms with van der Waals surface area (Å²) in [5.74, 6) is 1.43. The third-order valence-corrected chi connectivity index (χ3v) is 4.38. The van der Waals surface area contributed by atoms with Crippen molar-refractivity contribution in [3.8, 4) is 0 Å². The lowest BCUT2D eigenvalue weighted by atomic mass is 9.83. The maximum atomic E-state index is 9.99. The lowest BCUT2D eigenvalue weighted by Crippen LogP contribution is -2.28. The van der Waals surface area contributed by atoms with Crippen LogP contribution in [0, 0.1) is 11.8 Å². The van der Waals surface area contributed by atoms with Crippen LogP contribution in [0.3, 0.4) is 0 Å². The number of aliphatic hydroxyl groups excluding tert-OH is 1. The molecule has 2 rings (SSSR count). The predicted octanol–water partition coefficient (Wildman–Crippen LogP) is 3.13. The van der Waals surface area contributed by atoms with E-state index < -0.39 is 0 Å². The molecule has 0 aromatic rings. The Morgan fingerprint density at radius 2 is 1.75 bits per heavy atom. The maximum absolute atomic E-state index is 9.99. The molecule has 0 bridgehead atoms. The van der Waals surface area contributed by atoms with Gasteiger partial charge in [-0.15, -0.1) is 0 Å². The molecular formula is C14H26O2. The molecule has 0 aromatic carbocycles. The molecule has 1 N–H and O–H groups in total. The van der Waals surface area contributed by atoms with Crippen molar-refractivity contribution in [2.24, 2.45) is 11.8 Å². The van der Waals surface area contributed by atoms with Crippen molar-refractivity contribution < 1.29 is 9.84 Å². The standard InChI is InChI=1S/C14H26O2/c15-14(13-7-2-1-3-8-13)11-16-10-9-12-5-4-6-12/h12-15H,1-11H2. The Kier molecular flexibility index (Phi) is 5.11. The molecule has 2 heteroatoms. The summed E-state index contributed by atoms with van der Waals surface area (Å²) in [6, 6.07) is 0. The summed E-state index contributed by atoms with van der Waals surface area (Å²) in [7, 11) is 0. The van der Waals surface area contributed by atoms with Crippen molar-refractivity contribution in [2.45, 2.75) is 63.9 Å². The lowest BCUT2D eigenvalue weighted by molar-refractivity contribution is -0.0102. The van der Waals surface area contributed by atoms with Crippen LogP contribution >= 0.6 is 0 Å². The molecule has 0 aliphatic heterocycles. The van der Waals surface area contributed by atoms with Crippen LogP contribution in [0.5, 0.6) is 0 Å². The summed E-state index contributed by atoms with van der Waals surface area (Å²) >= 11 is 0. The molecule has 2 fully saturated rings. The van der Waals surface area contributed by atoms with Crippen LogP contribution in [0.1, 0.15) is 57.8 Å². The Morgan fingerprint density at radius 1 is 1.00 bits per heavy atom. The van der Waals surface area contributed by atoms with E-state index in [9.17, 15) is 5.11 Å². The van der Waals surface area contributed by atoms with Gasteiger partial charge in [-0.3, -0.25) is 0 Å². The average Bonchev–Trinajstić information content (AvgIpc) is 2.27. The monoisotopic (exact) mass is 226 g/mol. The first-order chi connectivity index (χ1) is 7.86. The fourth-order valence-corrected chi connectivity index (χ4v) is 2.89. The van der Waals surface area contributed by atoms with Crippen LogP contribution in [0.4, 0.5) is 0 Å². The van der Waals surface area contributed by atoms with Crippen molar-refractivity contribution in [2.75, 3.05) is 13.2 Å². The van der Waals surface area contributed by atoms with Crippen molar-refractivity contribution in [1.29, 1.82) is 0 Å². The third kappa shape index (κ3) is 3.74. The van der Waals surface area contributed by atoms with Crippen molar-refractivity contribution in [3.05, 3.63) is 0 Å². The van der Waals surface area contributed by atoms with Crippen LogP contribution < -0.4 is 0 Å². The molecule has 0 amide bonds. The van der Waals surface area contributed by atoms with E-state index in [1.54, 1.807) is 0 Å². The predicted molar refractivity (Wildman–Crippen MR) is 65.4 cm³/mol. The summed E-state index contributed by atoms with van der Waals surface area (Å²) in [5, 5.41) is 9.99. The van der Waals surface area contributed by atoms with Crippen LogP contribution in [-0.4, -0.2) is 24.4 Å². The highest BCUT2D eigenvalue weighted by Gasteiger charge is 2.22. The van der Waals surface area contributed by atoms with Crippen LogP contribution in [-0.2, 0) is 4.74 Å². The van der Waals surface area contributed by atoms with E-state index in [1.165, 1.54) is 57.8 Å². The van der Waals surface area contributed by atoms with Crippen LogP contribution in [0.2, 0.25) is 0 Å². The van der Waals surface area contributed by atoms with Gasteiger partial charge in [0.1, 0.15) is 0 Å². The molecule has 0 radical (unpaired) electrons. The van der Waals surface area contributed by atoms with Gasteiger partial charge in [0.2, 0.25) is 0 Å². The first-order valence-electron chi connectivity index (χ1n) is 7.12. The van der Waals surface area contributed by atoms with Crippen LogP contribution in [0.25, 0.3) is 0 Å². The highest BCUT2D eigenvalue weighted by atomic mass is 16.5. The quantitative estimate of drug-likeness (QED) is 0.705. The lowest BCUT2D eigenvalue weighted by Gasteiger charge is -2.27. The normalized spacial score (nSPS) is 25.3. The molecular weight excluding hydrogens is 200 g/mol. The Morgan fingerprint density at radius 3 is 2.38 bits per heavy atom. The van der Waals surface area contributed by atoms with Crippen LogP contribution in [0.15, 0.2) is 0 Å². The second-order valence-electron chi connectivity index (χ2n) is 5.63. The van der Waals surface area contributed by atoms with E-state index in [1.807, 2.05) is 0 Å².